The lowest BCUT2D eigenvalue weighted by Gasteiger charge is -2.43. The smallest absolute Gasteiger partial charge is 0.231 e. The van der Waals surface area contributed by atoms with Crippen LogP contribution in [-0.4, -0.2) is 83.5 Å². The summed E-state index contributed by atoms with van der Waals surface area (Å²) >= 11 is 0. The molecule has 2 saturated heterocycles. The van der Waals surface area contributed by atoms with E-state index >= 15 is 0 Å². The van der Waals surface area contributed by atoms with Crippen molar-refractivity contribution in [3.8, 4) is 0 Å². The van der Waals surface area contributed by atoms with E-state index in [0.717, 1.165) is 55.9 Å². The van der Waals surface area contributed by atoms with Gasteiger partial charge in [0.05, 0.1) is 23.6 Å². The van der Waals surface area contributed by atoms with Gasteiger partial charge in [0.25, 0.3) is 0 Å². The van der Waals surface area contributed by atoms with E-state index in [2.05, 4.69) is 25.3 Å². The molecule has 0 radical (unpaired) electrons. The molecule has 0 spiro atoms. The maximum absolute atomic E-state index is 13.3. The van der Waals surface area contributed by atoms with Gasteiger partial charge in [-0.3, -0.25) is 9.48 Å². The monoisotopic (exact) mass is 373 g/mol. The molecule has 2 aliphatic rings. The van der Waals surface area contributed by atoms with E-state index in [-0.39, 0.29) is 11.3 Å². The number of amides is 1. The molecule has 0 saturated carbocycles. The number of aromatic nitrogens is 4. The third kappa shape index (κ3) is 3.25. The average Bonchev–Trinajstić information content (AvgIpc) is 3.10. The maximum Gasteiger partial charge on any atom is 0.231 e. The molecule has 9 heteroatoms. The van der Waals surface area contributed by atoms with Gasteiger partial charge >= 0.3 is 0 Å². The van der Waals surface area contributed by atoms with Gasteiger partial charge in [-0.1, -0.05) is 0 Å². The predicted molar refractivity (Wildman–Crippen MR) is 102 cm³/mol. The minimum Gasteiger partial charge on any atom is -0.384 e. The summed E-state index contributed by atoms with van der Waals surface area (Å²) in [6.07, 6.45) is 5.06. The van der Waals surface area contributed by atoms with Crippen molar-refractivity contribution in [2.75, 3.05) is 57.9 Å². The van der Waals surface area contributed by atoms with Crippen LogP contribution in [0.1, 0.15) is 12.8 Å². The summed E-state index contributed by atoms with van der Waals surface area (Å²) in [5.74, 6) is 1.13. The second-order valence-corrected chi connectivity index (χ2v) is 7.45. The fourth-order valence-corrected chi connectivity index (χ4v) is 4.26. The number of piperidine rings is 1. The summed E-state index contributed by atoms with van der Waals surface area (Å²) in [4.78, 5) is 26.3. The Morgan fingerprint density at radius 2 is 1.96 bits per heavy atom. The largest absolute Gasteiger partial charge is 0.384 e. The summed E-state index contributed by atoms with van der Waals surface area (Å²) in [5.41, 5.74) is 0.445. The van der Waals surface area contributed by atoms with Crippen molar-refractivity contribution < 1.29 is 9.53 Å². The molecule has 2 fully saturated rings. The fourth-order valence-electron chi connectivity index (χ4n) is 4.26. The molecule has 0 aliphatic carbocycles. The summed E-state index contributed by atoms with van der Waals surface area (Å²) in [5, 5.41) is 8.59. The molecule has 1 amide bonds. The van der Waals surface area contributed by atoms with Gasteiger partial charge in [0.1, 0.15) is 12.1 Å². The number of hydrogen-bond acceptors (Lipinski definition) is 7. The SMILES string of the molecule is COCC1(C(=O)N2CCN(c3ncnc4c3cnn4C)CC2)CCNCC1. The topological polar surface area (TPSA) is 88.4 Å². The number of carbonyl (C=O) groups excluding carboxylic acids is 1. The average molecular weight is 373 g/mol. The van der Waals surface area contributed by atoms with E-state index in [1.54, 1.807) is 18.1 Å². The standard InChI is InChI=1S/C18H27N7O2/c1-23-15-14(11-22-23)16(21-13-20-15)24-7-9-25(10-8-24)17(26)18(12-27-2)3-5-19-6-4-18/h11,13,19H,3-10,12H2,1-2H3. The Morgan fingerprint density at radius 1 is 1.22 bits per heavy atom. The van der Waals surface area contributed by atoms with E-state index in [0.29, 0.717) is 19.7 Å². The van der Waals surface area contributed by atoms with Crippen LogP contribution in [0.25, 0.3) is 11.0 Å². The number of carbonyl (C=O) groups is 1. The minimum absolute atomic E-state index is 0.236. The molecule has 1 N–H and O–H groups in total. The van der Waals surface area contributed by atoms with Gasteiger partial charge in [-0.05, 0) is 25.9 Å². The molecule has 0 bridgehead atoms. The van der Waals surface area contributed by atoms with Crippen LogP contribution in [-0.2, 0) is 16.6 Å². The van der Waals surface area contributed by atoms with Crippen LogP contribution in [0.5, 0.6) is 0 Å². The molecule has 4 rings (SSSR count). The molecule has 2 aliphatic heterocycles. The van der Waals surface area contributed by atoms with Gasteiger partial charge in [-0.25, -0.2) is 9.97 Å². The van der Waals surface area contributed by atoms with Crippen molar-refractivity contribution in [1.29, 1.82) is 0 Å². The zero-order chi connectivity index (χ0) is 18.9. The fraction of sp³-hybridized carbons (Fsp3) is 0.667. The van der Waals surface area contributed by atoms with Gasteiger partial charge < -0.3 is 19.9 Å². The molecule has 27 heavy (non-hydrogen) atoms. The highest BCUT2D eigenvalue weighted by molar-refractivity contribution is 5.87. The van der Waals surface area contributed by atoms with Crippen molar-refractivity contribution >= 4 is 22.8 Å². The number of anilines is 1. The second-order valence-electron chi connectivity index (χ2n) is 7.45. The summed E-state index contributed by atoms with van der Waals surface area (Å²) in [6.45, 7) is 5.15. The highest BCUT2D eigenvalue weighted by Crippen LogP contribution is 2.32. The molecule has 4 heterocycles. The number of rotatable bonds is 4. The molecule has 2 aromatic rings. The highest BCUT2D eigenvalue weighted by Gasteiger charge is 2.42. The van der Waals surface area contributed by atoms with Crippen LogP contribution < -0.4 is 10.2 Å². The van der Waals surface area contributed by atoms with E-state index < -0.39 is 0 Å². The molecule has 146 valence electrons. The lowest BCUT2D eigenvalue weighted by atomic mass is 9.78. The Hall–Kier alpha value is -2.26. The van der Waals surface area contributed by atoms with Crippen LogP contribution in [0.15, 0.2) is 12.5 Å². The minimum atomic E-state index is -0.381. The maximum atomic E-state index is 13.3. The third-order valence-corrected chi connectivity index (χ3v) is 5.81. The first-order valence-electron chi connectivity index (χ1n) is 9.51. The van der Waals surface area contributed by atoms with Gasteiger partial charge in [0.2, 0.25) is 5.91 Å². The van der Waals surface area contributed by atoms with Crippen LogP contribution in [0.3, 0.4) is 0 Å². The van der Waals surface area contributed by atoms with Crippen molar-refractivity contribution in [3.05, 3.63) is 12.5 Å². The molecule has 0 aromatic carbocycles. The Balaban J connectivity index is 1.47. The predicted octanol–water partition coefficient (Wildman–Crippen LogP) is 0.0281. The van der Waals surface area contributed by atoms with E-state index in [1.807, 2.05) is 18.1 Å². The zero-order valence-electron chi connectivity index (χ0n) is 16.0. The normalized spacial score (nSPS) is 20.2. The number of hydrogen-bond donors (Lipinski definition) is 1. The number of fused-ring (bicyclic) bond motifs is 1. The van der Waals surface area contributed by atoms with E-state index in [4.69, 9.17) is 4.74 Å². The lowest BCUT2D eigenvalue weighted by molar-refractivity contribution is -0.147. The molecule has 2 aromatic heterocycles. The van der Waals surface area contributed by atoms with Crippen molar-refractivity contribution in [1.82, 2.24) is 30.0 Å². The van der Waals surface area contributed by atoms with Crippen LogP contribution in [0, 0.1) is 5.41 Å². The zero-order valence-corrected chi connectivity index (χ0v) is 16.0. The van der Waals surface area contributed by atoms with Crippen molar-refractivity contribution in [2.24, 2.45) is 12.5 Å². The molecule has 0 unspecified atom stereocenters. The first-order chi connectivity index (χ1) is 13.1. The summed E-state index contributed by atoms with van der Waals surface area (Å²) in [6, 6.07) is 0. The third-order valence-electron chi connectivity index (χ3n) is 5.81. The van der Waals surface area contributed by atoms with E-state index in [9.17, 15) is 4.79 Å². The number of methoxy groups -OCH3 is 1. The van der Waals surface area contributed by atoms with Gasteiger partial charge in [-0.2, -0.15) is 5.10 Å². The Bertz CT molecular complexity index is 802. The van der Waals surface area contributed by atoms with Crippen LogP contribution >= 0.6 is 0 Å². The van der Waals surface area contributed by atoms with Gasteiger partial charge in [0, 0.05) is 40.3 Å². The Labute approximate surface area is 158 Å². The quantitative estimate of drug-likeness (QED) is 0.809. The Morgan fingerprint density at radius 3 is 2.67 bits per heavy atom. The molecular weight excluding hydrogens is 346 g/mol. The van der Waals surface area contributed by atoms with Crippen LogP contribution in [0.2, 0.25) is 0 Å². The second kappa shape index (κ2) is 7.40. The number of piperazine rings is 1. The first kappa shape index (κ1) is 18.1. The number of aryl methyl sites for hydroxylation is 1. The molecular formula is C18H27N7O2. The number of nitrogens with zero attached hydrogens (tertiary/aromatic N) is 6. The highest BCUT2D eigenvalue weighted by atomic mass is 16.5. The van der Waals surface area contributed by atoms with Crippen LogP contribution in [0.4, 0.5) is 5.82 Å². The number of ether oxygens (including phenoxy) is 1. The summed E-state index contributed by atoms with van der Waals surface area (Å²) < 4.78 is 7.18. The lowest BCUT2D eigenvalue weighted by Crippen LogP contribution is -2.56. The van der Waals surface area contributed by atoms with Crippen molar-refractivity contribution in [2.45, 2.75) is 12.8 Å². The van der Waals surface area contributed by atoms with Crippen molar-refractivity contribution in [3.63, 3.8) is 0 Å². The molecule has 0 atom stereocenters. The molecule has 9 nitrogen and oxygen atoms in total. The Kier molecular flexibility index (Phi) is 4.96. The number of nitrogens with one attached hydrogen (secondary N) is 1. The van der Waals surface area contributed by atoms with E-state index in [1.165, 1.54) is 0 Å². The summed E-state index contributed by atoms with van der Waals surface area (Å²) in [7, 11) is 3.56. The van der Waals surface area contributed by atoms with Gasteiger partial charge in [-0.15, -0.1) is 0 Å². The van der Waals surface area contributed by atoms with Gasteiger partial charge in [0.15, 0.2) is 5.65 Å². The first-order valence-corrected chi connectivity index (χ1v) is 9.51.